The van der Waals surface area contributed by atoms with Crippen molar-refractivity contribution >= 4 is 21.6 Å². The molecule has 0 spiro atoms. The van der Waals surface area contributed by atoms with Crippen molar-refractivity contribution in [1.29, 1.82) is 0 Å². The standard InChI is InChI=1S/C11H11N3O4S/c1-7-2-3-8(19(12,16)17)6-10(7)13-11(15)9-4-5-18-14-9/h2-6H,1H3,(H,13,15)(H2,12,16,17). The topological polar surface area (TPSA) is 115 Å². The first-order valence-corrected chi connectivity index (χ1v) is 6.78. The molecule has 1 aromatic carbocycles. The van der Waals surface area contributed by atoms with Gasteiger partial charge in [0.15, 0.2) is 5.69 Å². The lowest BCUT2D eigenvalue weighted by Gasteiger charge is -2.08. The molecule has 0 saturated carbocycles. The van der Waals surface area contributed by atoms with Crippen LogP contribution in [0.2, 0.25) is 0 Å². The van der Waals surface area contributed by atoms with Gasteiger partial charge in [-0.3, -0.25) is 4.79 Å². The second kappa shape index (κ2) is 4.82. The van der Waals surface area contributed by atoms with E-state index in [-0.39, 0.29) is 10.6 Å². The van der Waals surface area contributed by atoms with Crippen molar-refractivity contribution in [2.24, 2.45) is 5.14 Å². The van der Waals surface area contributed by atoms with E-state index in [9.17, 15) is 13.2 Å². The van der Waals surface area contributed by atoms with Crippen LogP contribution in [0.25, 0.3) is 0 Å². The zero-order chi connectivity index (χ0) is 14.0. The summed E-state index contributed by atoms with van der Waals surface area (Å²) in [5.41, 5.74) is 1.14. The van der Waals surface area contributed by atoms with E-state index in [0.29, 0.717) is 11.3 Å². The molecule has 0 bridgehead atoms. The largest absolute Gasteiger partial charge is 0.364 e. The summed E-state index contributed by atoms with van der Waals surface area (Å²) in [7, 11) is -3.82. The molecule has 0 atom stereocenters. The summed E-state index contributed by atoms with van der Waals surface area (Å²) in [5, 5.41) is 11.1. The molecule has 0 aliphatic rings. The maximum absolute atomic E-state index is 11.8. The van der Waals surface area contributed by atoms with Gasteiger partial charge in [0.1, 0.15) is 6.26 Å². The second-order valence-electron chi connectivity index (χ2n) is 3.86. The maximum Gasteiger partial charge on any atom is 0.277 e. The third-order valence-corrected chi connectivity index (χ3v) is 3.37. The SMILES string of the molecule is Cc1ccc(S(N)(=O)=O)cc1NC(=O)c1ccon1. The van der Waals surface area contributed by atoms with E-state index in [4.69, 9.17) is 5.14 Å². The minimum absolute atomic E-state index is 0.0754. The van der Waals surface area contributed by atoms with Crippen LogP contribution in [0.1, 0.15) is 16.1 Å². The minimum Gasteiger partial charge on any atom is -0.364 e. The lowest BCUT2D eigenvalue weighted by Crippen LogP contribution is -2.15. The van der Waals surface area contributed by atoms with Gasteiger partial charge in [0.2, 0.25) is 10.0 Å². The number of carbonyl (C=O) groups is 1. The summed E-state index contributed by atoms with van der Waals surface area (Å²) in [4.78, 5) is 11.7. The number of aryl methyl sites for hydroxylation is 1. The molecule has 0 saturated heterocycles. The van der Waals surface area contributed by atoms with E-state index in [1.54, 1.807) is 13.0 Å². The number of primary sulfonamides is 1. The highest BCUT2D eigenvalue weighted by Crippen LogP contribution is 2.20. The van der Waals surface area contributed by atoms with Crippen LogP contribution in [0.3, 0.4) is 0 Å². The van der Waals surface area contributed by atoms with E-state index >= 15 is 0 Å². The molecule has 1 aromatic heterocycles. The zero-order valence-corrected chi connectivity index (χ0v) is 10.8. The number of sulfonamides is 1. The molecule has 7 nitrogen and oxygen atoms in total. The van der Waals surface area contributed by atoms with Gasteiger partial charge in [0.05, 0.1) is 4.90 Å². The number of hydrogen-bond donors (Lipinski definition) is 2. The third kappa shape index (κ3) is 2.98. The van der Waals surface area contributed by atoms with E-state index < -0.39 is 15.9 Å². The van der Waals surface area contributed by atoms with Crippen LogP contribution in [0.5, 0.6) is 0 Å². The van der Waals surface area contributed by atoms with E-state index in [0.717, 1.165) is 0 Å². The number of amides is 1. The number of nitrogens with zero attached hydrogens (tertiary/aromatic N) is 1. The summed E-state index contributed by atoms with van der Waals surface area (Å²) >= 11 is 0. The number of benzene rings is 1. The number of nitrogens with two attached hydrogens (primary N) is 1. The molecule has 0 radical (unpaired) electrons. The molecule has 2 rings (SSSR count). The molecule has 1 amide bonds. The van der Waals surface area contributed by atoms with Crippen molar-refractivity contribution in [3.63, 3.8) is 0 Å². The average Bonchev–Trinajstić information content (AvgIpc) is 2.84. The lowest BCUT2D eigenvalue weighted by molar-refractivity contribution is 0.101. The highest BCUT2D eigenvalue weighted by Gasteiger charge is 2.14. The fraction of sp³-hybridized carbons (Fsp3) is 0.0909. The summed E-state index contributed by atoms with van der Waals surface area (Å²) in [6, 6.07) is 5.62. The van der Waals surface area contributed by atoms with E-state index in [1.165, 1.54) is 24.5 Å². The number of carbonyl (C=O) groups excluding carboxylic acids is 1. The monoisotopic (exact) mass is 281 g/mol. The predicted octanol–water partition coefficient (Wildman–Crippen LogP) is 0.883. The molecule has 100 valence electrons. The number of rotatable bonds is 3. The maximum atomic E-state index is 11.8. The van der Waals surface area contributed by atoms with Gasteiger partial charge >= 0.3 is 0 Å². The van der Waals surface area contributed by atoms with Crippen molar-refractivity contribution in [3.8, 4) is 0 Å². The number of nitrogens with one attached hydrogen (secondary N) is 1. The molecular formula is C11H11N3O4S. The van der Waals surface area contributed by atoms with Crippen LogP contribution in [-0.2, 0) is 10.0 Å². The third-order valence-electron chi connectivity index (χ3n) is 2.46. The van der Waals surface area contributed by atoms with Crippen molar-refractivity contribution < 1.29 is 17.7 Å². The van der Waals surface area contributed by atoms with Gasteiger partial charge in [-0.2, -0.15) is 0 Å². The second-order valence-corrected chi connectivity index (χ2v) is 5.42. The molecule has 0 fully saturated rings. The Morgan fingerprint density at radius 3 is 2.68 bits per heavy atom. The lowest BCUT2D eigenvalue weighted by atomic mass is 10.2. The Morgan fingerprint density at radius 2 is 2.11 bits per heavy atom. The van der Waals surface area contributed by atoms with Gasteiger partial charge in [-0.25, -0.2) is 13.6 Å². The van der Waals surface area contributed by atoms with Crippen molar-refractivity contribution in [2.75, 3.05) is 5.32 Å². The molecule has 0 aliphatic heterocycles. The zero-order valence-electron chi connectivity index (χ0n) is 9.95. The van der Waals surface area contributed by atoms with Gasteiger partial charge in [0.25, 0.3) is 5.91 Å². The molecule has 8 heteroatoms. The number of aromatic nitrogens is 1. The average molecular weight is 281 g/mol. The van der Waals surface area contributed by atoms with Crippen LogP contribution in [0.4, 0.5) is 5.69 Å². The predicted molar refractivity (Wildman–Crippen MR) is 67.0 cm³/mol. The summed E-state index contributed by atoms with van der Waals surface area (Å²) in [5.74, 6) is -0.497. The fourth-order valence-corrected chi connectivity index (χ4v) is 1.97. The molecular weight excluding hydrogens is 270 g/mol. The van der Waals surface area contributed by atoms with Gasteiger partial charge in [-0.1, -0.05) is 11.2 Å². The van der Waals surface area contributed by atoms with Crippen molar-refractivity contribution in [1.82, 2.24) is 5.16 Å². The number of anilines is 1. The first-order valence-electron chi connectivity index (χ1n) is 5.23. The van der Waals surface area contributed by atoms with Gasteiger partial charge in [-0.15, -0.1) is 0 Å². The van der Waals surface area contributed by atoms with Crippen molar-refractivity contribution in [3.05, 3.63) is 41.8 Å². The molecule has 0 unspecified atom stereocenters. The first-order chi connectivity index (χ1) is 8.88. The Balaban J connectivity index is 2.32. The minimum atomic E-state index is -3.82. The van der Waals surface area contributed by atoms with E-state index in [2.05, 4.69) is 15.0 Å². The Bertz CT molecular complexity index is 708. The highest BCUT2D eigenvalue weighted by molar-refractivity contribution is 7.89. The Morgan fingerprint density at radius 1 is 1.37 bits per heavy atom. The van der Waals surface area contributed by atoms with Gasteiger partial charge < -0.3 is 9.84 Å². The number of hydrogen-bond acceptors (Lipinski definition) is 5. The van der Waals surface area contributed by atoms with E-state index in [1.807, 2.05) is 0 Å². The molecule has 19 heavy (non-hydrogen) atoms. The Labute approximate surface area is 109 Å². The smallest absolute Gasteiger partial charge is 0.277 e. The summed E-state index contributed by atoms with van der Waals surface area (Å²) in [6.07, 6.45) is 1.27. The van der Waals surface area contributed by atoms with Crippen LogP contribution >= 0.6 is 0 Å². The summed E-state index contributed by atoms with van der Waals surface area (Å²) < 4.78 is 27.1. The highest BCUT2D eigenvalue weighted by atomic mass is 32.2. The molecule has 0 aliphatic carbocycles. The quantitative estimate of drug-likeness (QED) is 0.866. The van der Waals surface area contributed by atoms with Crippen LogP contribution in [0.15, 0.2) is 39.9 Å². The Kier molecular flexibility index (Phi) is 3.36. The van der Waals surface area contributed by atoms with Crippen LogP contribution < -0.4 is 10.5 Å². The van der Waals surface area contributed by atoms with Crippen LogP contribution in [-0.4, -0.2) is 19.5 Å². The molecule has 1 heterocycles. The fourth-order valence-electron chi connectivity index (χ4n) is 1.43. The molecule has 3 N–H and O–H groups in total. The summed E-state index contributed by atoms with van der Waals surface area (Å²) in [6.45, 7) is 1.73. The Hall–Kier alpha value is -2.19. The normalized spacial score (nSPS) is 11.3. The van der Waals surface area contributed by atoms with Crippen LogP contribution in [0, 0.1) is 6.92 Å². The molecule has 2 aromatic rings. The first kappa shape index (κ1) is 13.2. The van der Waals surface area contributed by atoms with Gasteiger partial charge in [0, 0.05) is 11.8 Å². The van der Waals surface area contributed by atoms with Gasteiger partial charge in [-0.05, 0) is 24.6 Å². The van der Waals surface area contributed by atoms with Crippen molar-refractivity contribution in [2.45, 2.75) is 11.8 Å².